The van der Waals surface area contributed by atoms with Gasteiger partial charge in [0.15, 0.2) is 5.78 Å². The molecule has 1 unspecified atom stereocenters. The minimum Gasteiger partial charge on any atom is -0.462 e. The van der Waals surface area contributed by atoms with Crippen molar-refractivity contribution in [3.05, 3.63) is 91.0 Å². The zero-order chi connectivity index (χ0) is 24.4. The molecule has 178 valence electrons. The smallest absolute Gasteiger partial charge is 0.342 e. The number of carbonyl (C=O) groups is 2. The molecule has 0 N–H and O–H groups in total. The van der Waals surface area contributed by atoms with Gasteiger partial charge in [0.05, 0.1) is 6.61 Å². The lowest BCUT2D eigenvalue weighted by Gasteiger charge is -2.32. The topological polar surface area (TPSA) is 43.4 Å². The molecule has 0 saturated heterocycles. The quantitative estimate of drug-likeness (QED) is 0.209. The lowest BCUT2D eigenvalue weighted by molar-refractivity contribution is -0.135. The van der Waals surface area contributed by atoms with Crippen LogP contribution in [0.3, 0.4) is 0 Å². The zero-order valence-corrected chi connectivity index (χ0v) is 21.3. The van der Waals surface area contributed by atoms with Gasteiger partial charge in [0.2, 0.25) is 0 Å². The molecule has 0 radical (unpaired) electrons. The van der Waals surface area contributed by atoms with E-state index in [1.165, 1.54) is 0 Å². The molecule has 34 heavy (non-hydrogen) atoms. The first-order valence-electron chi connectivity index (χ1n) is 12.3. The van der Waals surface area contributed by atoms with E-state index in [1.807, 2.05) is 97.9 Å². The normalized spacial score (nSPS) is 12.1. The fourth-order valence-corrected chi connectivity index (χ4v) is 8.93. The van der Waals surface area contributed by atoms with E-state index in [1.54, 1.807) is 6.92 Å². The number of ketones is 1. The molecule has 0 fully saturated rings. The summed E-state index contributed by atoms with van der Waals surface area (Å²) in [6.45, 7) is 3.37. The minimum absolute atomic E-state index is 0.0701. The maximum absolute atomic E-state index is 14.4. The van der Waals surface area contributed by atoms with Crippen LogP contribution >= 0.6 is 6.89 Å². The number of unbranched alkanes of at least 4 members (excludes halogenated alkanes) is 1. The van der Waals surface area contributed by atoms with Crippen molar-refractivity contribution in [1.82, 2.24) is 0 Å². The second-order valence-electron chi connectivity index (χ2n) is 8.36. The van der Waals surface area contributed by atoms with Gasteiger partial charge >= 0.3 is 5.97 Å². The van der Waals surface area contributed by atoms with Crippen LogP contribution in [0.4, 0.5) is 0 Å². The highest BCUT2D eigenvalue weighted by Gasteiger charge is 2.39. The highest BCUT2D eigenvalue weighted by atomic mass is 31.2. The molecule has 0 bridgehead atoms. The van der Waals surface area contributed by atoms with Crippen molar-refractivity contribution < 1.29 is 14.3 Å². The Kier molecular flexibility index (Phi) is 9.48. The molecule has 3 aromatic rings. The largest absolute Gasteiger partial charge is 0.462 e. The van der Waals surface area contributed by atoms with Crippen molar-refractivity contribution in [2.45, 2.75) is 46.5 Å². The van der Waals surface area contributed by atoms with E-state index < -0.39 is 12.9 Å². The first-order chi connectivity index (χ1) is 16.6. The molecule has 0 aliphatic heterocycles. The summed E-state index contributed by atoms with van der Waals surface area (Å²) < 4.78 is 5.63. The lowest BCUT2D eigenvalue weighted by atomic mass is 9.93. The van der Waals surface area contributed by atoms with Crippen molar-refractivity contribution in [1.29, 1.82) is 0 Å². The second kappa shape index (κ2) is 12.5. The fourth-order valence-electron chi connectivity index (χ4n) is 4.56. The Morgan fingerprint density at radius 1 is 0.735 bits per heavy atom. The Morgan fingerprint density at radius 2 is 1.18 bits per heavy atom. The third kappa shape index (κ3) is 5.26. The van der Waals surface area contributed by atoms with Crippen molar-refractivity contribution in [3.8, 4) is 0 Å². The number of ether oxygens (including phenoxy) is 1. The van der Waals surface area contributed by atoms with Gasteiger partial charge in [-0.05, 0) is 42.6 Å². The van der Waals surface area contributed by atoms with Crippen molar-refractivity contribution >= 4 is 39.8 Å². The Bertz CT molecular complexity index is 1020. The van der Waals surface area contributed by atoms with E-state index in [4.69, 9.17) is 4.74 Å². The van der Waals surface area contributed by atoms with E-state index in [0.717, 1.165) is 35.2 Å². The standard InChI is InChI=1S/C30H35O3P/c1-4-7-17-24(5-2)28(31)29(30(32)33-6-3)34(25-18-11-8-12-19-25,26-20-13-9-14-21-26)27-22-15-10-16-23-27/h8-16,18-24H,4-7,17H2,1-3H3. The van der Waals surface area contributed by atoms with Crippen LogP contribution in [-0.2, 0) is 14.3 Å². The van der Waals surface area contributed by atoms with Crippen molar-refractivity contribution in [2.24, 2.45) is 5.92 Å². The van der Waals surface area contributed by atoms with E-state index in [2.05, 4.69) is 6.92 Å². The van der Waals surface area contributed by atoms with Crippen LogP contribution in [0.5, 0.6) is 0 Å². The summed E-state index contributed by atoms with van der Waals surface area (Å²) in [7, 11) is 0. The molecule has 3 aromatic carbocycles. The molecular weight excluding hydrogens is 439 g/mol. The molecule has 3 rings (SSSR count). The van der Waals surface area contributed by atoms with Gasteiger partial charge in [0, 0.05) is 5.92 Å². The zero-order valence-electron chi connectivity index (χ0n) is 20.4. The van der Waals surface area contributed by atoms with Crippen LogP contribution in [0, 0.1) is 5.92 Å². The lowest BCUT2D eigenvalue weighted by Crippen LogP contribution is -2.40. The molecular formula is C30H35O3P. The van der Waals surface area contributed by atoms with Gasteiger partial charge in [-0.25, -0.2) is 4.79 Å². The van der Waals surface area contributed by atoms with Crippen molar-refractivity contribution in [2.75, 3.05) is 6.61 Å². The van der Waals surface area contributed by atoms with Gasteiger partial charge in [-0.2, -0.15) is 0 Å². The third-order valence-electron chi connectivity index (χ3n) is 6.24. The predicted octanol–water partition coefficient (Wildman–Crippen LogP) is 5.50. The number of hydrogen-bond donors (Lipinski definition) is 0. The first-order valence-corrected chi connectivity index (χ1v) is 14.0. The van der Waals surface area contributed by atoms with Gasteiger partial charge in [-0.15, -0.1) is 0 Å². The first kappa shape index (κ1) is 25.7. The minimum atomic E-state index is -2.81. The molecule has 0 aromatic heterocycles. The Hall–Kier alpha value is -2.90. The summed E-state index contributed by atoms with van der Waals surface area (Å²) in [5.74, 6) is -0.776. The molecule has 3 nitrogen and oxygen atoms in total. The van der Waals surface area contributed by atoms with Gasteiger partial charge in [-0.3, -0.25) is 4.79 Å². The summed E-state index contributed by atoms with van der Waals surface area (Å²) in [4.78, 5) is 28.1. The van der Waals surface area contributed by atoms with Gasteiger partial charge in [-0.1, -0.05) is 118 Å². The molecule has 0 aliphatic rings. The third-order valence-corrected chi connectivity index (χ3v) is 10.5. The molecule has 4 heteroatoms. The second-order valence-corrected chi connectivity index (χ2v) is 11.7. The monoisotopic (exact) mass is 474 g/mol. The van der Waals surface area contributed by atoms with Crippen molar-refractivity contribution in [3.63, 3.8) is 0 Å². The molecule has 0 heterocycles. The van der Waals surface area contributed by atoms with E-state index in [9.17, 15) is 9.59 Å². The van der Waals surface area contributed by atoms with Gasteiger partial charge in [0.25, 0.3) is 0 Å². The highest BCUT2D eigenvalue weighted by molar-refractivity contribution is 7.97. The van der Waals surface area contributed by atoms with Crippen LogP contribution in [0.25, 0.3) is 0 Å². The summed E-state index contributed by atoms with van der Waals surface area (Å²) in [5.41, 5.74) is 0. The maximum Gasteiger partial charge on any atom is 0.342 e. The molecule has 0 saturated carbocycles. The average Bonchev–Trinajstić information content (AvgIpc) is 2.89. The number of benzene rings is 3. The average molecular weight is 475 g/mol. The van der Waals surface area contributed by atoms with Crippen LogP contribution in [0.1, 0.15) is 46.5 Å². The summed E-state index contributed by atoms with van der Waals surface area (Å²) >= 11 is 0. The SMILES string of the molecule is CCCCC(CC)C(=O)C(C(=O)OCC)=P(c1ccccc1)(c1ccccc1)c1ccccc1. The summed E-state index contributed by atoms with van der Waals surface area (Å²) in [5, 5.41) is 3.25. The fraction of sp³-hybridized carbons (Fsp3) is 0.300. The highest BCUT2D eigenvalue weighted by Crippen LogP contribution is 2.47. The van der Waals surface area contributed by atoms with Gasteiger partial charge in [0.1, 0.15) is 5.29 Å². The Balaban J connectivity index is 2.55. The number of hydrogen-bond acceptors (Lipinski definition) is 3. The number of carbonyl (C=O) groups excluding carboxylic acids is 2. The van der Waals surface area contributed by atoms with Crippen LogP contribution < -0.4 is 15.9 Å². The predicted molar refractivity (Wildman–Crippen MR) is 145 cm³/mol. The van der Waals surface area contributed by atoms with Crippen LogP contribution in [-0.4, -0.2) is 23.7 Å². The molecule has 0 aliphatic carbocycles. The molecule has 0 spiro atoms. The number of rotatable bonds is 11. The van der Waals surface area contributed by atoms with Crippen LogP contribution in [0.15, 0.2) is 91.0 Å². The number of esters is 1. The Labute approximate surface area is 204 Å². The molecule has 0 amide bonds. The summed E-state index contributed by atoms with van der Waals surface area (Å²) in [6.07, 6.45) is 3.43. The van der Waals surface area contributed by atoms with Crippen LogP contribution in [0.2, 0.25) is 0 Å². The number of Topliss-reactive ketones (excluding diaryl/α,β-unsaturated/α-hetero) is 1. The van der Waals surface area contributed by atoms with E-state index >= 15 is 0 Å². The van der Waals surface area contributed by atoms with E-state index in [0.29, 0.717) is 11.7 Å². The molecule has 1 atom stereocenters. The summed E-state index contributed by atoms with van der Waals surface area (Å²) in [6, 6.07) is 30.1. The van der Waals surface area contributed by atoms with Gasteiger partial charge < -0.3 is 4.74 Å². The maximum atomic E-state index is 14.4. The van der Waals surface area contributed by atoms with E-state index in [-0.39, 0.29) is 18.3 Å². The Morgan fingerprint density at radius 3 is 1.53 bits per heavy atom.